The molecule has 0 aliphatic rings. The van der Waals surface area contributed by atoms with E-state index in [4.69, 9.17) is 6.48 Å². The van der Waals surface area contributed by atoms with E-state index in [1.807, 2.05) is 0 Å². The normalized spacial score (nSPS) is 10.8. The molecule has 0 saturated carbocycles. The maximum absolute atomic E-state index is 10.0. The number of furan rings is 1. The summed E-state index contributed by atoms with van der Waals surface area (Å²) in [7, 11) is 0. The summed E-state index contributed by atoms with van der Waals surface area (Å²) in [4.78, 5) is 10.0. The first-order chi connectivity index (χ1) is 4.20. The summed E-state index contributed by atoms with van der Waals surface area (Å²) in [5.41, 5.74) is 0. The summed E-state index contributed by atoms with van der Waals surface area (Å²) < 4.78 is 11.2. The Balaban J connectivity index is 2.98. The largest absolute Gasteiger partial charge is 0.475 e. The monoisotopic (exact) mass is 113 g/mol. The fourth-order valence-corrected chi connectivity index (χ4v) is 0.356. The lowest BCUT2D eigenvalue weighted by molar-refractivity contribution is 0.0662. The molecule has 0 fully saturated rings. The zero-order valence-corrected chi connectivity index (χ0v) is 3.92. The molecule has 0 aromatic carbocycles. The van der Waals surface area contributed by atoms with Gasteiger partial charge in [-0.2, -0.15) is 0 Å². The van der Waals surface area contributed by atoms with E-state index in [1.54, 1.807) is 0 Å². The Hall–Kier alpha value is -1.25. The molecular formula is C5H4O3. The van der Waals surface area contributed by atoms with E-state index < -0.39 is 5.97 Å². The summed E-state index contributed by atoms with van der Waals surface area (Å²) in [6, 6.07) is 2.52. The SMILES string of the molecule is [2H]c1ccc(C(=O)O)o1. The van der Waals surface area contributed by atoms with E-state index in [0.717, 1.165) is 0 Å². The van der Waals surface area contributed by atoms with Crippen molar-refractivity contribution in [2.45, 2.75) is 0 Å². The molecule has 0 radical (unpaired) electrons. The minimum atomic E-state index is -1.14. The van der Waals surface area contributed by atoms with Gasteiger partial charge in [-0.1, -0.05) is 0 Å². The summed E-state index contributed by atoms with van der Waals surface area (Å²) >= 11 is 0. The summed E-state index contributed by atoms with van der Waals surface area (Å²) in [6.07, 6.45) is -0.132. The molecule has 0 spiro atoms. The van der Waals surface area contributed by atoms with Crippen molar-refractivity contribution in [2.24, 2.45) is 0 Å². The highest BCUT2D eigenvalue weighted by Crippen LogP contribution is 1.97. The topological polar surface area (TPSA) is 50.4 Å². The average Bonchev–Trinajstić information content (AvgIpc) is 2.14. The number of aromatic carboxylic acids is 1. The quantitative estimate of drug-likeness (QED) is 0.590. The van der Waals surface area contributed by atoms with Gasteiger partial charge in [0.1, 0.15) is 1.37 Å². The molecule has 1 aromatic heterocycles. The minimum absolute atomic E-state index is 0.132. The molecule has 1 rings (SSSR count). The predicted molar refractivity (Wildman–Crippen MR) is 25.7 cm³/mol. The standard InChI is InChI=1S/C5H4O3/c6-5(7)4-2-1-3-8-4/h1-3H,(H,6,7)/i3D. The second kappa shape index (κ2) is 1.69. The van der Waals surface area contributed by atoms with Crippen LogP contribution in [-0.2, 0) is 0 Å². The van der Waals surface area contributed by atoms with Gasteiger partial charge >= 0.3 is 5.97 Å². The molecule has 0 amide bonds. The van der Waals surface area contributed by atoms with E-state index in [2.05, 4.69) is 4.42 Å². The molecule has 0 atom stereocenters. The van der Waals surface area contributed by atoms with E-state index >= 15 is 0 Å². The van der Waals surface area contributed by atoms with Gasteiger partial charge in [-0.3, -0.25) is 0 Å². The predicted octanol–water partition coefficient (Wildman–Crippen LogP) is 0.978. The summed E-state index contributed by atoms with van der Waals surface area (Å²) in [5, 5.41) is 8.22. The van der Waals surface area contributed by atoms with Gasteiger partial charge in [0.25, 0.3) is 0 Å². The van der Waals surface area contributed by atoms with Gasteiger partial charge in [-0.05, 0) is 12.1 Å². The third kappa shape index (κ3) is 0.703. The Kier molecular flexibility index (Phi) is 0.787. The zero-order chi connectivity index (χ0) is 6.85. The molecule has 1 heterocycles. The van der Waals surface area contributed by atoms with Gasteiger partial charge in [-0.25, -0.2) is 4.79 Å². The first kappa shape index (κ1) is 3.72. The van der Waals surface area contributed by atoms with E-state index in [-0.39, 0.29) is 12.0 Å². The number of carbonyl (C=O) groups is 1. The molecule has 1 N–H and O–H groups in total. The van der Waals surface area contributed by atoms with Crippen LogP contribution in [0.4, 0.5) is 0 Å². The van der Waals surface area contributed by atoms with Crippen molar-refractivity contribution in [3.63, 3.8) is 0 Å². The molecule has 0 unspecified atom stereocenters. The molecule has 42 valence electrons. The zero-order valence-electron chi connectivity index (χ0n) is 4.92. The first-order valence-corrected chi connectivity index (χ1v) is 2.00. The van der Waals surface area contributed by atoms with Gasteiger partial charge in [0.2, 0.25) is 5.76 Å². The lowest BCUT2D eigenvalue weighted by Crippen LogP contribution is -1.90. The van der Waals surface area contributed by atoms with Gasteiger partial charge < -0.3 is 9.52 Å². The Morgan fingerprint density at radius 3 is 3.00 bits per heavy atom. The van der Waals surface area contributed by atoms with Crippen LogP contribution in [0.2, 0.25) is 0 Å². The van der Waals surface area contributed by atoms with Gasteiger partial charge in [0.15, 0.2) is 0 Å². The van der Waals surface area contributed by atoms with Crippen LogP contribution >= 0.6 is 0 Å². The average molecular weight is 113 g/mol. The van der Waals surface area contributed by atoms with Crippen molar-refractivity contribution in [3.05, 3.63) is 24.1 Å². The van der Waals surface area contributed by atoms with Crippen molar-refractivity contribution < 1.29 is 15.7 Å². The van der Waals surface area contributed by atoms with Crippen LogP contribution in [0.5, 0.6) is 0 Å². The van der Waals surface area contributed by atoms with Crippen molar-refractivity contribution in [1.82, 2.24) is 0 Å². The lowest BCUT2D eigenvalue weighted by Gasteiger charge is -1.79. The second-order valence-corrected chi connectivity index (χ2v) is 1.22. The van der Waals surface area contributed by atoms with Crippen LogP contribution in [0.25, 0.3) is 0 Å². The highest BCUT2D eigenvalue weighted by atomic mass is 16.4. The Morgan fingerprint density at radius 1 is 2.00 bits per heavy atom. The number of carboxylic acids is 1. The number of rotatable bonds is 1. The molecule has 0 bridgehead atoms. The third-order valence-electron chi connectivity index (χ3n) is 0.682. The van der Waals surface area contributed by atoms with Crippen molar-refractivity contribution in [1.29, 1.82) is 0 Å². The number of hydrogen-bond acceptors (Lipinski definition) is 2. The van der Waals surface area contributed by atoms with Crippen LogP contribution < -0.4 is 0 Å². The lowest BCUT2D eigenvalue weighted by atomic mass is 10.5. The Bertz CT molecular complexity index is 228. The minimum Gasteiger partial charge on any atom is -0.475 e. The van der Waals surface area contributed by atoms with E-state index in [0.29, 0.717) is 0 Å². The fourth-order valence-electron chi connectivity index (χ4n) is 0.356. The van der Waals surface area contributed by atoms with E-state index in [9.17, 15) is 4.79 Å². The fraction of sp³-hybridized carbons (Fsp3) is 0. The van der Waals surface area contributed by atoms with Gasteiger partial charge in [0.05, 0.1) is 6.24 Å². The molecule has 3 nitrogen and oxygen atoms in total. The molecule has 0 aliphatic heterocycles. The molecule has 3 heteroatoms. The highest BCUT2D eigenvalue weighted by molar-refractivity contribution is 5.84. The van der Waals surface area contributed by atoms with Gasteiger partial charge in [-0.15, -0.1) is 0 Å². The molecular weight excluding hydrogens is 108 g/mol. The molecule has 0 saturated heterocycles. The molecule has 1 aromatic rings. The van der Waals surface area contributed by atoms with Crippen molar-refractivity contribution in [2.75, 3.05) is 0 Å². The number of carboxylic acid groups (broad SMARTS) is 1. The van der Waals surface area contributed by atoms with Crippen LogP contribution in [0, 0.1) is 0 Å². The van der Waals surface area contributed by atoms with Crippen LogP contribution in [-0.4, -0.2) is 11.1 Å². The van der Waals surface area contributed by atoms with Crippen molar-refractivity contribution >= 4 is 5.97 Å². The highest BCUT2D eigenvalue weighted by Gasteiger charge is 2.01. The smallest absolute Gasteiger partial charge is 0.371 e. The first-order valence-electron chi connectivity index (χ1n) is 2.50. The van der Waals surface area contributed by atoms with Crippen LogP contribution in [0.3, 0.4) is 0 Å². The van der Waals surface area contributed by atoms with Crippen LogP contribution in [0.1, 0.15) is 11.9 Å². The third-order valence-corrected chi connectivity index (χ3v) is 0.682. The van der Waals surface area contributed by atoms with Crippen molar-refractivity contribution in [3.8, 4) is 0 Å². The Morgan fingerprint density at radius 2 is 2.75 bits per heavy atom. The maximum atomic E-state index is 10.0. The molecule has 8 heavy (non-hydrogen) atoms. The van der Waals surface area contributed by atoms with E-state index in [1.165, 1.54) is 12.1 Å². The Labute approximate surface area is 47.0 Å². The summed E-state index contributed by atoms with van der Waals surface area (Å²) in [5.74, 6) is -1.34. The molecule has 0 aliphatic carbocycles. The maximum Gasteiger partial charge on any atom is 0.371 e. The second-order valence-electron chi connectivity index (χ2n) is 1.22. The van der Waals surface area contributed by atoms with Crippen LogP contribution in [0.15, 0.2) is 22.8 Å². The summed E-state index contributed by atoms with van der Waals surface area (Å²) in [6.45, 7) is 0. The number of hydrogen-bond donors (Lipinski definition) is 1. The van der Waals surface area contributed by atoms with Gasteiger partial charge in [0, 0.05) is 0 Å².